The van der Waals surface area contributed by atoms with E-state index >= 15 is 0 Å². The van der Waals surface area contributed by atoms with Crippen LogP contribution in [-0.2, 0) is 9.53 Å². The fourth-order valence-corrected chi connectivity index (χ4v) is 2.28. The average Bonchev–Trinajstić information content (AvgIpc) is 3.01. The van der Waals surface area contributed by atoms with Gasteiger partial charge in [0.05, 0.1) is 4.92 Å². The van der Waals surface area contributed by atoms with E-state index in [1.165, 1.54) is 24.3 Å². The van der Waals surface area contributed by atoms with Crippen LogP contribution in [0.5, 0.6) is 5.75 Å². The number of ether oxygens (including phenoxy) is 2. The molecule has 2 aromatic carbocycles. The lowest BCUT2D eigenvalue weighted by Gasteiger charge is -2.05. The molecule has 3 rings (SSSR count). The lowest BCUT2D eigenvalue weighted by Crippen LogP contribution is -2.05. The van der Waals surface area contributed by atoms with Gasteiger partial charge in [0.25, 0.3) is 5.69 Å². The van der Waals surface area contributed by atoms with Crippen LogP contribution >= 0.6 is 0 Å². The molecule has 2 aromatic rings. The van der Waals surface area contributed by atoms with E-state index in [4.69, 9.17) is 9.47 Å². The quantitative estimate of drug-likeness (QED) is 0.255. The Morgan fingerprint density at radius 2 is 1.89 bits per heavy atom. The van der Waals surface area contributed by atoms with E-state index in [1.807, 2.05) is 6.92 Å². The first-order chi connectivity index (χ1) is 12.9. The number of rotatable bonds is 6. The van der Waals surface area contributed by atoms with Crippen molar-refractivity contribution in [1.29, 1.82) is 0 Å². The summed E-state index contributed by atoms with van der Waals surface area (Å²) < 4.78 is 10.7. The Balaban J connectivity index is 1.77. The number of esters is 1. The smallest absolute Gasteiger partial charge is 0.363 e. The molecule has 0 aliphatic carbocycles. The Morgan fingerprint density at radius 1 is 1.22 bits per heavy atom. The third-order valence-electron chi connectivity index (χ3n) is 3.61. The molecule has 0 atom stereocenters. The Kier molecular flexibility index (Phi) is 5.12. The predicted octanol–water partition coefficient (Wildman–Crippen LogP) is 3.89. The minimum atomic E-state index is -0.578. The number of benzene rings is 2. The Bertz CT molecular complexity index is 957. The second-order valence-corrected chi connectivity index (χ2v) is 5.95. The van der Waals surface area contributed by atoms with Crippen molar-refractivity contribution in [2.24, 2.45) is 4.99 Å². The Labute approximate surface area is 155 Å². The summed E-state index contributed by atoms with van der Waals surface area (Å²) in [5.74, 6) is 0.234. The molecule has 1 aliphatic heterocycles. The van der Waals surface area contributed by atoms with Crippen molar-refractivity contribution in [3.05, 3.63) is 87.6 Å². The standard InChI is InChI=1S/C20H16N2O5/c1-13(2)12-26-17-9-3-14(4-10-17)11-18-20(23)27-19(21-18)15-5-7-16(8-6-15)22(24)25/h3-11H,1,12H2,2H3/b18-11-. The number of carbonyl (C=O) groups excluding carboxylic acids is 1. The van der Waals surface area contributed by atoms with Crippen LogP contribution < -0.4 is 4.74 Å². The normalized spacial score (nSPS) is 14.6. The van der Waals surface area contributed by atoms with E-state index in [0.29, 0.717) is 17.9 Å². The lowest BCUT2D eigenvalue weighted by molar-refractivity contribution is -0.384. The molecule has 0 aromatic heterocycles. The van der Waals surface area contributed by atoms with Crippen LogP contribution in [0, 0.1) is 10.1 Å². The first-order valence-electron chi connectivity index (χ1n) is 8.07. The van der Waals surface area contributed by atoms with Crippen LogP contribution in [0.15, 0.2) is 71.4 Å². The number of aliphatic imine (C=N–C) groups is 1. The first kappa shape index (κ1) is 18.1. The van der Waals surface area contributed by atoms with E-state index < -0.39 is 10.9 Å². The number of hydrogen-bond acceptors (Lipinski definition) is 6. The van der Waals surface area contributed by atoms with E-state index in [1.54, 1.807) is 30.3 Å². The molecule has 1 heterocycles. The molecule has 7 nitrogen and oxygen atoms in total. The second-order valence-electron chi connectivity index (χ2n) is 5.95. The van der Waals surface area contributed by atoms with Crippen LogP contribution in [-0.4, -0.2) is 23.4 Å². The number of non-ortho nitro benzene ring substituents is 1. The molecular formula is C20H16N2O5. The SMILES string of the molecule is C=C(C)COc1ccc(/C=C2\N=C(c3ccc([N+](=O)[O-])cc3)OC2=O)cc1. The zero-order valence-electron chi connectivity index (χ0n) is 14.5. The summed E-state index contributed by atoms with van der Waals surface area (Å²) in [6, 6.07) is 12.8. The molecule has 0 N–H and O–H groups in total. The highest BCUT2D eigenvalue weighted by Crippen LogP contribution is 2.22. The fourth-order valence-electron chi connectivity index (χ4n) is 2.28. The minimum Gasteiger partial charge on any atom is -0.489 e. The summed E-state index contributed by atoms with van der Waals surface area (Å²) in [5, 5.41) is 10.7. The second kappa shape index (κ2) is 7.65. The fraction of sp³-hybridized carbons (Fsp3) is 0.100. The third kappa shape index (κ3) is 4.46. The molecule has 0 unspecified atom stereocenters. The van der Waals surface area contributed by atoms with Gasteiger partial charge in [-0.25, -0.2) is 9.79 Å². The van der Waals surface area contributed by atoms with Crippen molar-refractivity contribution in [1.82, 2.24) is 0 Å². The molecular weight excluding hydrogens is 348 g/mol. The molecule has 0 saturated heterocycles. The van der Waals surface area contributed by atoms with Gasteiger partial charge in [0.2, 0.25) is 5.90 Å². The van der Waals surface area contributed by atoms with Crippen molar-refractivity contribution >= 4 is 23.6 Å². The van der Waals surface area contributed by atoms with Gasteiger partial charge in [0, 0.05) is 17.7 Å². The van der Waals surface area contributed by atoms with Crippen LogP contribution in [0.2, 0.25) is 0 Å². The third-order valence-corrected chi connectivity index (χ3v) is 3.61. The maximum Gasteiger partial charge on any atom is 0.363 e. The number of cyclic esters (lactones) is 1. The molecule has 0 amide bonds. The summed E-state index contributed by atoms with van der Waals surface area (Å²) in [4.78, 5) is 26.4. The van der Waals surface area contributed by atoms with Crippen LogP contribution in [0.3, 0.4) is 0 Å². The summed E-state index contributed by atoms with van der Waals surface area (Å²) in [7, 11) is 0. The van der Waals surface area contributed by atoms with Crippen LogP contribution in [0.25, 0.3) is 6.08 Å². The number of carbonyl (C=O) groups is 1. The molecule has 27 heavy (non-hydrogen) atoms. The largest absolute Gasteiger partial charge is 0.489 e. The van der Waals surface area contributed by atoms with Gasteiger partial charge in [0.1, 0.15) is 12.4 Å². The molecule has 0 radical (unpaired) electrons. The number of nitro benzene ring substituents is 1. The van der Waals surface area contributed by atoms with Gasteiger partial charge in [-0.05, 0) is 48.4 Å². The highest BCUT2D eigenvalue weighted by molar-refractivity contribution is 6.12. The van der Waals surface area contributed by atoms with Crippen molar-refractivity contribution in [3.63, 3.8) is 0 Å². The molecule has 0 spiro atoms. The van der Waals surface area contributed by atoms with Gasteiger partial charge < -0.3 is 9.47 Å². The number of nitrogens with zero attached hydrogens (tertiary/aromatic N) is 2. The first-order valence-corrected chi connectivity index (χ1v) is 8.07. The van der Waals surface area contributed by atoms with E-state index in [9.17, 15) is 14.9 Å². The van der Waals surface area contributed by atoms with Gasteiger partial charge in [-0.2, -0.15) is 0 Å². The average molecular weight is 364 g/mol. The highest BCUT2D eigenvalue weighted by atomic mass is 16.6. The van der Waals surface area contributed by atoms with Gasteiger partial charge in [-0.3, -0.25) is 10.1 Å². The van der Waals surface area contributed by atoms with E-state index in [-0.39, 0.29) is 17.3 Å². The monoisotopic (exact) mass is 364 g/mol. The van der Waals surface area contributed by atoms with Gasteiger partial charge in [0.15, 0.2) is 5.70 Å². The number of nitro groups is 1. The summed E-state index contributed by atoms with van der Waals surface area (Å²) in [6.45, 7) is 6.10. The summed E-state index contributed by atoms with van der Waals surface area (Å²) in [5.41, 5.74) is 2.27. The molecule has 0 fully saturated rings. The zero-order chi connectivity index (χ0) is 19.4. The molecule has 7 heteroatoms. The topological polar surface area (TPSA) is 91.0 Å². The summed E-state index contributed by atoms with van der Waals surface area (Å²) in [6.07, 6.45) is 1.60. The van der Waals surface area contributed by atoms with E-state index in [2.05, 4.69) is 11.6 Å². The Hall–Kier alpha value is -3.74. The molecule has 0 saturated carbocycles. The highest BCUT2D eigenvalue weighted by Gasteiger charge is 2.24. The minimum absolute atomic E-state index is 0.0478. The number of hydrogen-bond donors (Lipinski definition) is 0. The van der Waals surface area contributed by atoms with Crippen LogP contribution in [0.1, 0.15) is 18.1 Å². The van der Waals surface area contributed by atoms with Crippen molar-refractivity contribution in [2.75, 3.05) is 6.61 Å². The summed E-state index contributed by atoms with van der Waals surface area (Å²) >= 11 is 0. The molecule has 1 aliphatic rings. The Morgan fingerprint density at radius 3 is 2.48 bits per heavy atom. The van der Waals surface area contributed by atoms with E-state index in [0.717, 1.165) is 11.1 Å². The van der Waals surface area contributed by atoms with Crippen LogP contribution in [0.4, 0.5) is 5.69 Å². The van der Waals surface area contributed by atoms with Crippen molar-refractivity contribution in [3.8, 4) is 5.75 Å². The maximum absolute atomic E-state index is 12.0. The van der Waals surface area contributed by atoms with Gasteiger partial charge in [-0.15, -0.1) is 0 Å². The molecule has 0 bridgehead atoms. The predicted molar refractivity (Wildman–Crippen MR) is 100 cm³/mol. The van der Waals surface area contributed by atoms with Gasteiger partial charge in [-0.1, -0.05) is 18.7 Å². The zero-order valence-corrected chi connectivity index (χ0v) is 14.5. The lowest BCUT2D eigenvalue weighted by atomic mass is 10.2. The van der Waals surface area contributed by atoms with Crippen molar-refractivity contribution < 1.29 is 19.2 Å². The molecule has 136 valence electrons. The van der Waals surface area contributed by atoms with Gasteiger partial charge >= 0.3 is 5.97 Å². The maximum atomic E-state index is 12.0. The van der Waals surface area contributed by atoms with Crippen molar-refractivity contribution in [2.45, 2.75) is 6.92 Å².